The Morgan fingerprint density at radius 2 is 1.93 bits per heavy atom. The molecule has 2 aromatic rings. The van der Waals surface area contributed by atoms with Gasteiger partial charge < -0.3 is 14.2 Å². The number of sulfonamides is 1. The topological polar surface area (TPSA) is 83.2 Å². The SMILES string of the molecule is Cc1ccc(CN(C)C(=O)C2CCN(C3=NS(=O)(=O)c4ccccc43)CC2)o1. The molecule has 4 rings (SSSR count). The van der Waals surface area contributed by atoms with Crippen LogP contribution in [0.1, 0.15) is 29.9 Å². The number of amidine groups is 1. The third kappa shape index (κ3) is 3.44. The number of furan rings is 1. The van der Waals surface area contributed by atoms with Crippen molar-refractivity contribution >= 4 is 21.8 Å². The van der Waals surface area contributed by atoms with E-state index in [0.717, 1.165) is 11.5 Å². The minimum Gasteiger partial charge on any atom is -0.464 e. The number of rotatable bonds is 3. The van der Waals surface area contributed by atoms with E-state index in [4.69, 9.17) is 4.42 Å². The van der Waals surface area contributed by atoms with Crippen LogP contribution in [-0.4, -0.2) is 50.1 Å². The molecule has 0 saturated carbocycles. The molecule has 0 radical (unpaired) electrons. The molecule has 0 unspecified atom stereocenters. The van der Waals surface area contributed by atoms with E-state index in [1.165, 1.54) is 0 Å². The number of hydrogen-bond donors (Lipinski definition) is 0. The van der Waals surface area contributed by atoms with Crippen LogP contribution >= 0.6 is 0 Å². The third-order valence-corrected chi connectivity index (χ3v) is 6.65. The number of hydrogen-bond acceptors (Lipinski definition) is 5. The Morgan fingerprint density at radius 3 is 2.61 bits per heavy atom. The zero-order valence-corrected chi connectivity index (χ0v) is 16.8. The Hall–Kier alpha value is -2.61. The summed E-state index contributed by atoms with van der Waals surface area (Å²) in [5.74, 6) is 2.12. The van der Waals surface area contributed by atoms with E-state index < -0.39 is 10.0 Å². The second-order valence-electron chi connectivity index (χ2n) is 7.35. The first-order valence-electron chi connectivity index (χ1n) is 9.35. The molecule has 3 heterocycles. The number of likely N-dealkylation sites (tertiary alicyclic amines) is 1. The summed E-state index contributed by atoms with van der Waals surface area (Å²) in [6, 6.07) is 10.7. The van der Waals surface area contributed by atoms with E-state index in [-0.39, 0.29) is 16.7 Å². The van der Waals surface area contributed by atoms with Crippen molar-refractivity contribution < 1.29 is 17.6 Å². The molecule has 148 valence electrons. The lowest BCUT2D eigenvalue weighted by Crippen LogP contribution is -2.43. The Balaban J connectivity index is 1.40. The molecule has 0 spiro atoms. The average molecular weight is 401 g/mol. The van der Waals surface area contributed by atoms with E-state index in [1.807, 2.05) is 30.0 Å². The first kappa shape index (κ1) is 18.7. The molecular weight excluding hydrogens is 378 g/mol. The van der Waals surface area contributed by atoms with E-state index in [1.54, 1.807) is 30.1 Å². The summed E-state index contributed by atoms with van der Waals surface area (Å²) in [6.45, 7) is 3.54. The first-order valence-corrected chi connectivity index (χ1v) is 10.8. The Bertz CT molecular complexity index is 1030. The minimum atomic E-state index is -3.62. The standard InChI is InChI=1S/C20H23N3O4S/c1-14-7-8-16(27-14)13-22(2)20(24)15-9-11-23(12-10-15)19-17-5-3-4-6-18(17)28(25,26)21-19/h3-8,15H,9-13H2,1-2H3. The first-order chi connectivity index (χ1) is 13.3. The van der Waals surface area contributed by atoms with Gasteiger partial charge in [-0.2, -0.15) is 8.42 Å². The molecule has 2 aliphatic rings. The predicted octanol–water partition coefficient (Wildman–Crippen LogP) is 2.41. The molecule has 1 aromatic carbocycles. The zero-order chi connectivity index (χ0) is 19.9. The lowest BCUT2D eigenvalue weighted by atomic mass is 9.94. The van der Waals surface area contributed by atoms with Gasteiger partial charge in [0.1, 0.15) is 16.4 Å². The van der Waals surface area contributed by atoms with Gasteiger partial charge in [-0.05, 0) is 44.0 Å². The fourth-order valence-electron chi connectivity index (χ4n) is 3.85. The molecule has 1 saturated heterocycles. The highest BCUT2D eigenvalue weighted by Crippen LogP contribution is 2.30. The van der Waals surface area contributed by atoms with E-state index in [0.29, 0.717) is 43.9 Å². The van der Waals surface area contributed by atoms with Crippen LogP contribution in [-0.2, 0) is 21.4 Å². The predicted molar refractivity (Wildman–Crippen MR) is 104 cm³/mol. The van der Waals surface area contributed by atoms with E-state index >= 15 is 0 Å². The maximum Gasteiger partial charge on any atom is 0.285 e. The third-order valence-electron chi connectivity index (χ3n) is 5.32. The average Bonchev–Trinajstić information content (AvgIpc) is 3.22. The summed E-state index contributed by atoms with van der Waals surface area (Å²) < 4.78 is 34.1. The van der Waals surface area contributed by atoms with Crippen molar-refractivity contribution in [2.75, 3.05) is 20.1 Å². The molecule has 1 fully saturated rings. The fourth-order valence-corrected chi connectivity index (χ4v) is 5.08. The van der Waals surface area contributed by atoms with Crippen LogP contribution < -0.4 is 0 Å². The van der Waals surface area contributed by atoms with Gasteiger partial charge in [-0.3, -0.25) is 4.79 Å². The molecule has 0 bridgehead atoms. The van der Waals surface area contributed by atoms with Crippen LogP contribution in [0.4, 0.5) is 0 Å². The molecule has 1 amide bonds. The second kappa shape index (κ2) is 7.09. The normalized spacial score (nSPS) is 18.6. The van der Waals surface area contributed by atoms with Gasteiger partial charge in [0, 0.05) is 31.6 Å². The van der Waals surface area contributed by atoms with Gasteiger partial charge in [-0.25, -0.2) is 0 Å². The number of nitrogens with zero attached hydrogens (tertiary/aromatic N) is 3. The molecule has 0 aliphatic carbocycles. The highest BCUT2D eigenvalue weighted by molar-refractivity contribution is 7.90. The Kier molecular flexibility index (Phi) is 4.74. The number of carbonyl (C=O) groups excluding carboxylic acids is 1. The molecule has 1 aromatic heterocycles. The van der Waals surface area contributed by atoms with Crippen molar-refractivity contribution in [3.8, 4) is 0 Å². The quantitative estimate of drug-likeness (QED) is 0.789. The number of fused-ring (bicyclic) bond motifs is 1. The van der Waals surface area contributed by atoms with Crippen LogP contribution in [0.25, 0.3) is 0 Å². The summed E-state index contributed by atoms with van der Waals surface area (Å²) in [4.78, 5) is 16.7. The molecule has 0 N–H and O–H groups in total. The molecule has 28 heavy (non-hydrogen) atoms. The van der Waals surface area contributed by atoms with E-state index in [9.17, 15) is 13.2 Å². The Morgan fingerprint density at radius 1 is 1.21 bits per heavy atom. The van der Waals surface area contributed by atoms with Crippen molar-refractivity contribution in [2.45, 2.75) is 31.2 Å². The summed E-state index contributed by atoms with van der Waals surface area (Å²) >= 11 is 0. The lowest BCUT2D eigenvalue weighted by Gasteiger charge is -2.34. The summed E-state index contributed by atoms with van der Waals surface area (Å²) in [6.07, 6.45) is 1.34. The Labute approximate surface area is 164 Å². The van der Waals surface area contributed by atoms with Gasteiger partial charge in [-0.1, -0.05) is 12.1 Å². The molecular formula is C20H23N3O4S. The molecule has 8 heteroatoms. The van der Waals surface area contributed by atoms with Crippen LogP contribution in [0.3, 0.4) is 0 Å². The molecule has 7 nitrogen and oxygen atoms in total. The van der Waals surface area contributed by atoms with Crippen molar-refractivity contribution in [2.24, 2.45) is 10.3 Å². The van der Waals surface area contributed by atoms with Gasteiger partial charge >= 0.3 is 0 Å². The van der Waals surface area contributed by atoms with Crippen LogP contribution in [0.5, 0.6) is 0 Å². The van der Waals surface area contributed by atoms with Crippen LogP contribution in [0.15, 0.2) is 50.1 Å². The molecule has 2 aliphatic heterocycles. The number of carbonyl (C=O) groups is 1. The van der Waals surface area contributed by atoms with Crippen molar-refractivity contribution in [3.63, 3.8) is 0 Å². The minimum absolute atomic E-state index is 0.0776. The number of benzene rings is 1. The monoisotopic (exact) mass is 401 g/mol. The van der Waals surface area contributed by atoms with Crippen LogP contribution in [0.2, 0.25) is 0 Å². The molecule has 0 atom stereocenters. The van der Waals surface area contributed by atoms with Gasteiger partial charge in [0.05, 0.1) is 6.54 Å². The number of aryl methyl sites for hydroxylation is 1. The van der Waals surface area contributed by atoms with Crippen molar-refractivity contribution in [3.05, 3.63) is 53.5 Å². The highest BCUT2D eigenvalue weighted by atomic mass is 32.2. The van der Waals surface area contributed by atoms with Gasteiger partial charge in [0.2, 0.25) is 5.91 Å². The maximum absolute atomic E-state index is 12.8. The van der Waals surface area contributed by atoms with Gasteiger partial charge in [-0.15, -0.1) is 4.40 Å². The van der Waals surface area contributed by atoms with Crippen LogP contribution in [0, 0.1) is 12.8 Å². The number of amides is 1. The zero-order valence-electron chi connectivity index (χ0n) is 16.0. The van der Waals surface area contributed by atoms with Crippen molar-refractivity contribution in [1.82, 2.24) is 9.80 Å². The largest absolute Gasteiger partial charge is 0.464 e. The number of piperidine rings is 1. The van der Waals surface area contributed by atoms with Gasteiger partial charge in [0.25, 0.3) is 10.0 Å². The second-order valence-corrected chi connectivity index (χ2v) is 8.93. The summed E-state index contributed by atoms with van der Waals surface area (Å²) in [5.41, 5.74) is 0.651. The fraction of sp³-hybridized carbons (Fsp3) is 0.400. The lowest BCUT2D eigenvalue weighted by molar-refractivity contribution is -0.136. The maximum atomic E-state index is 12.8. The highest BCUT2D eigenvalue weighted by Gasteiger charge is 2.35. The summed E-state index contributed by atoms with van der Waals surface area (Å²) in [7, 11) is -1.83. The van der Waals surface area contributed by atoms with E-state index in [2.05, 4.69) is 4.40 Å². The smallest absolute Gasteiger partial charge is 0.285 e. The van der Waals surface area contributed by atoms with Gasteiger partial charge in [0.15, 0.2) is 5.84 Å². The summed E-state index contributed by atoms with van der Waals surface area (Å²) in [5, 5.41) is 0. The van der Waals surface area contributed by atoms with Crippen molar-refractivity contribution in [1.29, 1.82) is 0 Å².